The van der Waals surface area contributed by atoms with Gasteiger partial charge in [-0.2, -0.15) is 10.4 Å². The molecular weight excluding hydrogens is 284 g/mol. The lowest BCUT2D eigenvalue weighted by atomic mass is 9.97. The molecule has 0 fully saturated rings. The zero-order valence-corrected chi connectivity index (χ0v) is 15.2. The molecule has 1 aliphatic rings. The van der Waals surface area contributed by atoms with Crippen molar-refractivity contribution in [3.8, 4) is 6.07 Å². The van der Waals surface area contributed by atoms with Gasteiger partial charge in [0.2, 0.25) is 0 Å². The van der Waals surface area contributed by atoms with Gasteiger partial charge in [-0.1, -0.05) is 19.9 Å². The molecule has 1 aliphatic heterocycles. The largest absolute Gasteiger partial charge is 0.374 e. The number of likely N-dealkylation sites (N-methyl/N-ethyl adjacent to an activating group) is 1. The van der Waals surface area contributed by atoms with Gasteiger partial charge in [0.05, 0.1) is 12.3 Å². The monoisotopic (exact) mass is 312 g/mol. The van der Waals surface area contributed by atoms with Gasteiger partial charge in [-0.3, -0.25) is 4.68 Å². The molecule has 0 aliphatic carbocycles. The summed E-state index contributed by atoms with van der Waals surface area (Å²) in [5.41, 5.74) is 6.00. The number of rotatable bonds is 3. The standard InChI is InChI=1S/C17H22N4.C2H6/c1-13(16-12-19-21(4)14(16)2)11-15-7-6-10-20(3)17(15)8-5-9-18;1-2/h5,8,11-12H,6-7,10H2,1-4H3;1-2H3/b8-5+,13-11+;. The van der Waals surface area contributed by atoms with Crippen molar-refractivity contribution in [2.45, 2.75) is 40.5 Å². The molecule has 2 rings (SSSR count). The van der Waals surface area contributed by atoms with Crippen molar-refractivity contribution in [3.63, 3.8) is 0 Å². The zero-order valence-electron chi connectivity index (χ0n) is 15.2. The Bertz CT molecular complexity index is 653. The first-order valence-corrected chi connectivity index (χ1v) is 8.22. The first-order valence-electron chi connectivity index (χ1n) is 8.22. The molecule has 0 spiro atoms. The minimum absolute atomic E-state index is 1.04. The van der Waals surface area contributed by atoms with E-state index >= 15 is 0 Å². The van der Waals surface area contributed by atoms with E-state index in [0.717, 1.165) is 25.1 Å². The van der Waals surface area contributed by atoms with Crippen LogP contribution in [0.1, 0.15) is 44.9 Å². The van der Waals surface area contributed by atoms with E-state index in [9.17, 15) is 0 Å². The lowest BCUT2D eigenvalue weighted by molar-refractivity contribution is 0.394. The molecule has 0 unspecified atom stereocenters. The van der Waals surface area contributed by atoms with Crippen molar-refractivity contribution < 1.29 is 0 Å². The van der Waals surface area contributed by atoms with Crippen molar-refractivity contribution in [3.05, 3.63) is 47.0 Å². The summed E-state index contributed by atoms with van der Waals surface area (Å²) in [5, 5.41) is 13.1. The quantitative estimate of drug-likeness (QED) is 0.785. The number of nitriles is 1. The van der Waals surface area contributed by atoms with Crippen LogP contribution in [0.15, 0.2) is 35.7 Å². The summed E-state index contributed by atoms with van der Waals surface area (Å²) < 4.78 is 1.89. The van der Waals surface area contributed by atoms with Crippen molar-refractivity contribution >= 4 is 5.57 Å². The summed E-state index contributed by atoms with van der Waals surface area (Å²) in [4.78, 5) is 2.21. The summed E-state index contributed by atoms with van der Waals surface area (Å²) in [6, 6.07) is 2.08. The Labute approximate surface area is 140 Å². The minimum Gasteiger partial charge on any atom is -0.374 e. The Hall–Kier alpha value is -2.28. The topological polar surface area (TPSA) is 44.9 Å². The Morgan fingerprint density at radius 3 is 2.61 bits per heavy atom. The second-order valence-electron chi connectivity index (χ2n) is 5.49. The highest BCUT2D eigenvalue weighted by Gasteiger charge is 2.14. The Morgan fingerprint density at radius 2 is 2.04 bits per heavy atom. The summed E-state index contributed by atoms with van der Waals surface area (Å²) in [6.07, 6.45) is 9.80. The molecule has 23 heavy (non-hydrogen) atoms. The maximum Gasteiger partial charge on any atom is 0.0912 e. The highest BCUT2D eigenvalue weighted by molar-refractivity contribution is 5.68. The van der Waals surface area contributed by atoms with Crippen LogP contribution in [0.2, 0.25) is 0 Å². The smallest absolute Gasteiger partial charge is 0.0912 e. The highest BCUT2D eigenvalue weighted by Crippen LogP contribution is 2.27. The molecule has 0 N–H and O–H groups in total. The first-order chi connectivity index (χ1) is 11.0. The van der Waals surface area contributed by atoms with Gasteiger partial charge in [0.15, 0.2) is 0 Å². The molecular formula is C19H28N4. The molecule has 0 radical (unpaired) electrons. The number of hydrogen-bond acceptors (Lipinski definition) is 3. The van der Waals surface area contributed by atoms with Crippen molar-refractivity contribution in [1.82, 2.24) is 14.7 Å². The van der Waals surface area contributed by atoms with E-state index in [0.29, 0.717) is 0 Å². The van der Waals surface area contributed by atoms with Crippen LogP contribution >= 0.6 is 0 Å². The van der Waals surface area contributed by atoms with Crippen LogP contribution < -0.4 is 0 Å². The minimum atomic E-state index is 1.04. The second-order valence-corrected chi connectivity index (χ2v) is 5.49. The van der Waals surface area contributed by atoms with Gasteiger partial charge < -0.3 is 4.90 Å². The molecule has 0 amide bonds. The van der Waals surface area contributed by atoms with Gasteiger partial charge in [0, 0.05) is 43.7 Å². The van der Waals surface area contributed by atoms with E-state index in [1.54, 1.807) is 6.08 Å². The zero-order chi connectivity index (χ0) is 17.4. The summed E-state index contributed by atoms with van der Waals surface area (Å²) in [5.74, 6) is 0. The number of hydrogen-bond donors (Lipinski definition) is 0. The predicted octanol–water partition coefficient (Wildman–Crippen LogP) is 4.22. The molecule has 4 heteroatoms. The number of aromatic nitrogens is 2. The summed E-state index contributed by atoms with van der Waals surface area (Å²) in [6.45, 7) is 9.24. The third-order valence-electron chi connectivity index (χ3n) is 4.05. The third-order valence-corrected chi connectivity index (χ3v) is 4.05. The van der Waals surface area contributed by atoms with E-state index in [2.05, 4.69) is 43.0 Å². The molecule has 0 saturated heterocycles. The Balaban J connectivity index is 0.00000127. The number of allylic oxidation sites excluding steroid dienone is 5. The van der Waals surface area contributed by atoms with Gasteiger partial charge in [-0.05, 0) is 43.9 Å². The number of nitrogens with zero attached hydrogens (tertiary/aromatic N) is 4. The van der Waals surface area contributed by atoms with E-state index in [1.807, 2.05) is 37.8 Å². The van der Waals surface area contributed by atoms with Crippen LogP contribution in [0.4, 0.5) is 0 Å². The van der Waals surface area contributed by atoms with Crippen LogP contribution in [-0.2, 0) is 7.05 Å². The third kappa shape index (κ3) is 4.59. The fraction of sp³-hybridized carbons (Fsp3) is 0.474. The van der Waals surface area contributed by atoms with Gasteiger partial charge in [-0.25, -0.2) is 0 Å². The van der Waals surface area contributed by atoms with Gasteiger partial charge in [0.1, 0.15) is 0 Å². The molecule has 0 aromatic carbocycles. The van der Waals surface area contributed by atoms with Gasteiger partial charge >= 0.3 is 0 Å². The Kier molecular flexibility index (Phi) is 7.34. The second kappa shape index (κ2) is 8.99. The van der Waals surface area contributed by atoms with Crippen LogP contribution in [0.25, 0.3) is 5.57 Å². The molecule has 1 aromatic rings. The van der Waals surface area contributed by atoms with E-state index in [-0.39, 0.29) is 0 Å². The Morgan fingerprint density at radius 1 is 1.35 bits per heavy atom. The maximum absolute atomic E-state index is 8.76. The van der Waals surface area contributed by atoms with Crippen LogP contribution in [0.3, 0.4) is 0 Å². The summed E-state index contributed by atoms with van der Waals surface area (Å²) in [7, 11) is 4.04. The highest BCUT2D eigenvalue weighted by atomic mass is 15.3. The maximum atomic E-state index is 8.76. The molecule has 1 aromatic heterocycles. The van der Waals surface area contributed by atoms with E-state index < -0.39 is 0 Å². The van der Waals surface area contributed by atoms with E-state index in [4.69, 9.17) is 5.26 Å². The average molecular weight is 312 g/mol. The summed E-state index contributed by atoms with van der Waals surface area (Å²) >= 11 is 0. The fourth-order valence-electron chi connectivity index (χ4n) is 2.72. The van der Waals surface area contributed by atoms with Crippen LogP contribution in [-0.4, -0.2) is 28.3 Å². The molecule has 4 nitrogen and oxygen atoms in total. The molecule has 2 heterocycles. The molecule has 0 bridgehead atoms. The van der Waals surface area contributed by atoms with Crippen LogP contribution in [0, 0.1) is 18.3 Å². The SMILES string of the molecule is C/C(=C\C1=C(/C=C/C#N)N(C)CCC1)c1cnn(C)c1C.CC. The van der Waals surface area contributed by atoms with Gasteiger partial charge in [0.25, 0.3) is 0 Å². The van der Waals surface area contributed by atoms with Crippen LogP contribution in [0.5, 0.6) is 0 Å². The number of aryl methyl sites for hydroxylation is 1. The first kappa shape index (κ1) is 18.8. The van der Waals surface area contributed by atoms with Crippen molar-refractivity contribution in [2.75, 3.05) is 13.6 Å². The van der Waals surface area contributed by atoms with Gasteiger partial charge in [-0.15, -0.1) is 0 Å². The van der Waals surface area contributed by atoms with Crippen molar-refractivity contribution in [1.29, 1.82) is 5.26 Å². The lowest BCUT2D eigenvalue weighted by Gasteiger charge is -2.28. The van der Waals surface area contributed by atoms with Crippen molar-refractivity contribution in [2.24, 2.45) is 7.05 Å². The fourth-order valence-corrected chi connectivity index (χ4v) is 2.72. The van der Waals surface area contributed by atoms with E-state index in [1.165, 1.54) is 22.4 Å². The molecule has 0 atom stereocenters. The average Bonchev–Trinajstić information content (AvgIpc) is 2.88. The lowest BCUT2D eigenvalue weighted by Crippen LogP contribution is -2.23. The normalized spacial score (nSPS) is 15.5. The predicted molar refractivity (Wildman–Crippen MR) is 96.6 cm³/mol. The molecule has 0 saturated carbocycles. The molecule has 124 valence electrons.